The maximum atomic E-state index is 13.3. The number of aliphatic carboxylic acids is 1. The molecule has 18 nitrogen and oxygen atoms in total. The van der Waals surface area contributed by atoms with Crippen molar-refractivity contribution in [1.29, 1.82) is 0 Å². The first-order chi connectivity index (χ1) is 23.7. The number of aromatic hydroxyl groups is 1. The van der Waals surface area contributed by atoms with Gasteiger partial charge >= 0.3 is 5.97 Å². The average Bonchev–Trinajstić information content (AvgIpc) is 3.02. The second-order valence-corrected chi connectivity index (χ2v) is 18.7. The Morgan fingerprint density at radius 3 is 1.60 bits per heavy atom. The highest BCUT2D eigenvalue weighted by molar-refractivity contribution is 7.91. The number of rotatable bonds is 13. The number of hydrogen-bond donors (Lipinski definition) is 6. The molecular weight excluding hydrogens is 797 g/mol. The predicted octanol–water partition coefficient (Wildman–Crippen LogP) is 3.17. The van der Waals surface area contributed by atoms with E-state index in [0.717, 1.165) is 36.4 Å². The van der Waals surface area contributed by atoms with Crippen LogP contribution in [0.1, 0.15) is 30.9 Å². The van der Waals surface area contributed by atoms with Gasteiger partial charge in [-0.1, -0.05) is 25.1 Å². The summed E-state index contributed by atoms with van der Waals surface area (Å²) in [4.78, 5) is 5.69. The van der Waals surface area contributed by atoms with Gasteiger partial charge in [0.15, 0.2) is 0 Å². The Balaban J connectivity index is 1.88. The number of phenolic OH excluding ortho intramolecular Hbond substituents is 1. The van der Waals surface area contributed by atoms with Crippen molar-refractivity contribution in [1.82, 2.24) is 0 Å². The van der Waals surface area contributed by atoms with Gasteiger partial charge in [0.25, 0.3) is 40.5 Å². The Morgan fingerprint density at radius 1 is 0.596 bits per heavy atom. The van der Waals surface area contributed by atoms with Crippen LogP contribution in [0.3, 0.4) is 0 Å². The molecule has 0 amide bonds. The summed E-state index contributed by atoms with van der Waals surface area (Å²) >= 11 is 0. The number of hydrogen-bond acceptors (Lipinski definition) is 13. The van der Waals surface area contributed by atoms with Crippen LogP contribution in [0.5, 0.6) is 17.2 Å². The minimum absolute atomic E-state index is 0.0455. The Kier molecular flexibility index (Phi) is 10.7. The highest BCUT2D eigenvalue weighted by Gasteiger charge is 2.34. The molecule has 6 N–H and O–H groups in total. The maximum Gasteiger partial charge on any atom is 0.303 e. The molecule has 0 radical (unpaired) electrons. The van der Waals surface area contributed by atoms with Crippen molar-refractivity contribution < 1.29 is 80.0 Å². The lowest BCUT2D eigenvalue weighted by molar-refractivity contribution is -0.137. The van der Waals surface area contributed by atoms with Crippen LogP contribution in [-0.4, -0.2) is 76.5 Å². The molecule has 4 aromatic carbocycles. The van der Waals surface area contributed by atoms with E-state index in [1.807, 2.05) is 0 Å². The number of ether oxygens (including phenoxy) is 1. The second-order valence-electron chi connectivity index (χ2n) is 11.2. The molecule has 280 valence electrons. The van der Waals surface area contributed by atoms with Crippen LogP contribution in [0.25, 0.3) is 0 Å². The molecule has 0 aliphatic carbocycles. The fraction of sp³-hybridized carbons (Fsp3) is 0.138. The van der Waals surface area contributed by atoms with Gasteiger partial charge in [0, 0.05) is 11.8 Å². The third-order valence-electron chi connectivity index (χ3n) is 7.71. The molecular formula is C29H26O18S5. The van der Waals surface area contributed by atoms with Gasteiger partial charge < -0.3 is 14.9 Å². The van der Waals surface area contributed by atoms with E-state index in [0.29, 0.717) is 30.3 Å². The van der Waals surface area contributed by atoms with Crippen molar-refractivity contribution in [2.45, 2.75) is 54.6 Å². The Labute approximate surface area is 296 Å². The Morgan fingerprint density at radius 2 is 1.08 bits per heavy atom. The molecule has 0 spiro atoms. The van der Waals surface area contributed by atoms with Crippen molar-refractivity contribution in [3.63, 3.8) is 0 Å². The average molecular weight is 823 g/mol. The zero-order chi connectivity index (χ0) is 39.2. The van der Waals surface area contributed by atoms with Crippen LogP contribution in [0.2, 0.25) is 0 Å². The van der Waals surface area contributed by atoms with Crippen LogP contribution < -0.4 is 4.74 Å². The summed E-state index contributed by atoms with van der Waals surface area (Å²) < 4.78 is 168. The maximum absolute atomic E-state index is 13.3. The largest absolute Gasteiger partial charge is 0.506 e. The minimum atomic E-state index is -5.41. The molecule has 52 heavy (non-hydrogen) atoms. The Bertz CT molecular complexity index is 2670. The van der Waals surface area contributed by atoms with Gasteiger partial charge in [-0.25, -0.2) is 8.42 Å². The monoisotopic (exact) mass is 822 g/mol. The number of sulfone groups is 1. The molecule has 0 bridgehead atoms. The normalized spacial score (nSPS) is 14.0. The Hall–Kier alpha value is -4.46. The summed E-state index contributed by atoms with van der Waals surface area (Å²) in [6.07, 6.45) is -0.835. The van der Waals surface area contributed by atoms with E-state index >= 15 is 0 Å². The molecule has 1 atom stereocenters. The van der Waals surface area contributed by atoms with Crippen LogP contribution in [0, 0.1) is 0 Å². The quantitative estimate of drug-likeness (QED) is 0.105. The predicted molar refractivity (Wildman–Crippen MR) is 176 cm³/mol. The van der Waals surface area contributed by atoms with Crippen LogP contribution in [-0.2, 0) is 60.5 Å². The highest BCUT2D eigenvalue weighted by Crippen LogP contribution is 2.42. The molecule has 0 aromatic heterocycles. The van der Waals surface area contributed by atoms with Gasteiger partial charge in [-0.05, 0) is 78.2 Å². The molecule has 0 fully saturated rings. The van der Waals surface area contributed by atoms with Gasteiger partial charge in [0.2, 0.25) is 9.84 Å². The fourth-order valence-electron chi connectivity index (χ4n) is 5.01. The van der Waals surface area contributed by atoms with Crippen molar-refractivity contribution in [3.8, 4) is 17.2 Å². The van der Waals surface area contributed by atoms with Gasteiger partial charge in [-0.15, -0.1) is 0 Å². The SMILES string of the molecule is CC(CCC(=O)O)(c1cccc(S(=O)(=O)O)c1)c1ccc(Oc2ccc(S(=O)(=O)c3ccc(O)c(S(=O)(=O)O)c3)cc2S(=O)(=O)O)c(S(=O)(=O)O)c1. The zero-order valence-corrected chi connectivity index (χ0v) is 30.1. The minimum Gasteiger partial charge on any atom is -0.506 e. The van der Waals surface area contributed by atoms with Crippen molar-refractivity contribution in [3.05, 3.63) is 90.0 Å². The van der Waals surface area contributed by atoms with Crippen molar-refractivity contribution in [2.24, 2.45) is 0 Å². The summed E-state index contributed by atoms with van der Waals surface area (Å²) in [7, 11) is -25.4. The van der Waals surface area contributed by atoms with Crippen LogP contribution in [0.4, 0.5) is 0 Å². The first-order valence-electron chi connectivity index (χ1n) is 13.9. The molecule has 0 heterocycles. The number of benzene rings is 4. The summed E-state index contributed by atoms with van der Waals surface area (Å²) in [5, 5.41) is 19.1. The number of carboxylic acids is 1. The molecule has 4 aromatic rings. The van der Waals surface area contributed by atoms with Crippen LogP contribution >= 0.6 is 0 Å². The zero-order valence-electron chi connectivity index (χ0n) is 26.0. The van der Waals surface area contributed by atoms with E-state index in [1.54, 1.807) is 0 Å². The number of carbonyl (C=O) groups is 1. The van der Waals surface area contributed by atoms with E-state index in [4.69, 9.17) is 4.74 Å². The molecule has 0 aliphatic rings. The van der Waals surface area contributed by atoms with E-state index in [1.165, 1.54) is 19.1 Å². The molecule has 0 aliphatic heterocycles. The van der Waals surface area contributed by atoms with Crippen molar-refractivity contribution >= 4 is 56.3 Å². The smallest absolute Gasteiger partial charge is 0.303 e. The van der Waals surface area contributed by atoms with Crippen LogP contribution in [0.15, 0.2) is 108 Å². The lowest BCUT2D eigenvalue weighted by Gasteiger charge is -2.31. The summed E-state index contributed by atoms with van der Waals surface area (Å²) in [6, 6.07) is 11.0. The number of carboxylic acid groups (broad SMARTS) is 1. The second kappa shape index (κ2) is 13.8. The van der Waals surface area contributed by atoms with E-state index in [-0.39, 0.29) is 17.5 Å². The first-order valence-corrected chi connectivity index (χ1v) is 21.2. The van der Waals surface area contributed by atoms with E-state index in [2.05, 4.69) is 0 Å². The lowest BCUT2D eigenvalue weighted by Crippen LogP contribution is -2.26. The van der Waals surface area contributed by atoms with Crippen molar-refractivity contribution in [2.75, 3.05) is 0 Å². The lowest BCUT2D eigenvalue weighted by atomic mass is 9.73. The molecule has 4 rings (SSSR count). The van der Waals surface area contributed by atoms with Gasteiger partial charge in [0.05, 0.1) is 14.7 Å². The summed E-state index contributed by atoms with van der Waals surface area (Å²) in [5.41, 5.74) is -1.49. The third-order valence-corrected chi connectivity index (χ3v) is 12.9. The van der Waals surface area contributed by atoms with E-state index < -0.39 is 115 Å². The van der Waals surface area contributed by atoms with Gasteiger partial charge in [0.1, 0.15) is 31.9 Å². The van der Waals surface area contributed by atoms with E-state index in [9.17, 15) is 75.3 Å². The fourth-order valence-corrected chi connectivity index (χ4v) is 8.89. The summed E-state index contributed by atoms with van der Waals surface area (Å²) in [6.45, 7) is 1.41. The van der Waals surface area contributed by atoms with Gasteiger partial charge in [-0.2, -0.15) is 33.7 Å². The topological polar surface area (TPSA) is 318 Å². The first kappa shape index (κ1) is 40.3. The molecule has 23 heteroatoms. The summed E-state index contributed by atoms with van der Waals surface area (Å²) in [5.74, 6) is -3.99. The third kappa shape index (κ3) is 8.59. The molecule has 1 unspecified atom stereocenters. The number of phenols is 1. The standard InChI is InChI=1S/C29H26O18S5/c1-29(12-11-28(31)32,17-3-2-4-21(13-17)49(35,36)37)18-5-9-23(26(14-18)51(41,42)43)47-24-10-7-20(16-27(24)52(44,45)46)48(33,34)19-6-8-22(30)25(15-19)50(38,39)40/h2-10,13-16,30H,11-12H2,1H3,(H,31,32)(H,35,36,37)(H,38,39,40)(H,41,42,43)(H,44,45,46). The molecule has 0 saturated carbocycles. The molecule has 0 saturated heterocycles. The highest BCUT2D eigenvalue weighted by atomic mass is 32.2. The van der Waals surface area contributed by atoms with Gasteiger partial charge in [-0.3, -0.25) is 23.0 Å².